The fraction of sp³-hybridized carbons (Fsp3) is 0.111. The summed E-state index contributed by atoms with van der Waals surface area (Å²) in [5.41, 5.74) is -13.5. The van der Waals surface area contributed by atoms with Gasteiger partial charge in [0.1, 0.15) is 17.7 Å². The molecule has 242 valence electrons. The fourth-order valence-electron chi connectivity index (χ4n) is 6.12. The van der Waals surface area contributed by atoms with Crippen molar-refractivity contribution in [1.82, 2.24) is 0 Å². The van der Waals surface area contributed by atoms with E-state index in [1.165, 1.54) is 24.3 Å². The van der Waals surface area contributed by atoms with Crippen LogP contribution in [-0.4, -0.2) is 0 Å². The zero-order valence-corrected chi connectivity index (χ0v) is 25.2. The van der Waals surface area contributed by atoms with E-state index in [4.69, 9.17) is 19.7 Å². The molecular weight excluding hydrogens is 668 g/mol. The van der Waals surface area contributed by atoms with Gasteiger partial charge < -0.3 is 0 Å². The third-order valence-electron chi connectivity index (χ3n) is 7.87. The monoisotopic (exact) mass is 680 g/mol. The highest BCUT2D eigenvalue weighted by molar-refractivity contribution is 6.29. The van der Waals surface area contributed by atoms with Gasteiger partial charge in [-0.2, -0.15) is 31.6 Å². The Balaban J connectivity index is 2.05. The Bertz CT molecular complexity index is 2420. The van der Waals surface area contributed by atoms with E-state index < -0.39 is 102 Å². The molecule has 0 atom stereocenters. The number of aryl methyl sites for hydroxylation is 2. The molecule has 0 amide bonds. The average Bonchev–Trinajstić information content (AvgIpc) is 3.58. The molecule has 14 heteroatoms. The second kappa shape index (κ2) is 11.9. The van der Waals surface area contributed by atoms with Crippen LogP contribution in [0.15, 0.2) is 47.8 Å². The molecule has 6 nitrogen and oxygen atoms in total. The van der Waals surface area contributed by atoms with Crippen molar-refractivity contribution < 1.29 is 35.1 Å². The molecule has 0 radical (unpaired) electrons. The first-order valence-electron chi connectivity index (χ1n) is 13.7. The van der Waals surface area contributed by atoms with E-state index in [0.717, 1.165) is 0 Å². The standard InChI is InChI=1S/C36H12F8N6/c1-15-6-16(2)8-17(7-15)25-28(23(14-47)49-4)30-31(34(25)50-5)32(37)26-21(12-45)24(27(22(13-46)48-3)29(26)33(30)38)18-9-19(35(39,40)41)11-20(10-18)36(42,43)44/h6-11H,1-2H3/b27-22-,28-23+. The van der Waals surface area contributed by atoms with Crippen LogP contribution >= 0.6 is 0 Å². The lowest BCUT2D eigenvalue weighted by atomic mass is 9.89. The minimum atomic E-state index is -5.39. The molecule has 50 heavy (non-hydrogen) atoms. The van der Waals surface area contributed by atoms with Gasteiger partial charge in [-0.1, -0.05) is 29.3 Å². The first-order chi connectivity index (χ1) is 23.5. The summed E-state index contributed by atoms with van der Waals surface area (Å²) in [6.45, 7) is 26.4. The van der Waals surface area contributed by atoms with E-state index in [1.54, 1.807) is 26.0 Å². The van der Waals surface area contributed by atoms with E-state index in [0.29, 0.717) is 11.1 Å². The lowest BCUT2D eigenvalue weighted by molar-refractivity contribution is -0.143. The predicted molar refractivity (Wildman–Crippen MR) is 163 cm³/mol. The van der Waals surface area contributed by atoms with Gasteiger partial charge in [-0.15, -0.1) is 0 Å². The van der Waals surface area contributed by atoms with Gasteiger partial charge >= 0.3 is 12.4 Å². The number of halogens is 8. The van der Waals surface area contributed by atoms with Crippen LogP contribution in [0, 0.1) is 79.2 Å². The number of benzene rings is 3. The summed E-state index contributed by atoms with van der Waals surface area (Å²) in [5.74, 6) is -3.14. The lowest BCUT2D eigenvalue weighted by Gasteiger charge is -2.17. The normalized spacial score (nSPS) is 15.6. The van der Waals surface area contributed by atoms with Crippen LogP contribution in [0.25, 0.3) is 48.1 Å². The van der Waals surface area contributed by atoms with Gasteiger partial charge in [0.05, 0.1) is 48.6 Å². The molecule has 0 spiro atoms. The molecular formula is C36H12F8N6. The smallest absolute Gasteiger partial charge is 0.237 e. The number of rotatable bonds is 2. The van der Waals surface area contributed by atoms with E-state index in [9.17, 15) is 42.1 Å². The van der Waals surface area contributed by atoms with E-state index in [2.05, 4.69) is 14.5 Å². The molecule has 0 saturated carbocycles. The number of alkyl halides is 6. The van der Waals surface area contributed by atoms with Crippen molar-refractivity contribution in [3.8, 4) is 18.2 Å². The fourth-order valence-corrected chi connectivity index (χ4v) is 6.12. The Labute approximate surface area is 278 Å². The molecule has 3 aromatic carbocycles. The Morgan fingerprint density at radius 3 is 1.48 bits per heavy atom. The minimum Gasteiger partial charge on any atom is -0.237 e. The minimum absolute atomic E-state index is 0.171. The third-order valence-corrected chi connectivity index (χ3v) is 7.87. The molecule has 0 N–H and O–H groups in total. The molecule has 3 aromatic rings. The van der Waals surface area contributed by atoms with Gasteiger partial charge in [0.25, 0.3) is 11.4 Å². The Hall–Kier alpha value is -7.00. The SMILES string of the molecule is [C-]#[N+]C1=C(c2cc(C)cc(C)c2)/C(=C(/C#N)[N+]#[C-])c2c(F)c3c(c(F)c21)C(C#N)=C(c1cc(C(F)(F)F)cc(C(F)(F)F)c1)/C3=C(\C#N)[N+]#[C-]. The summed E-state index contributed by atoms with van der Waals surface area (Å²) in [7, 11) is 0. The van der Waals surface area contributed by atoms with Gasteiger partial charge in [-0.25, -0.2) is 33.8 Å². The van der Waals surface area contributed by atoms with Crippen molar-refractivity contribution in [3.63, 3.8) is 0 Å². The van der Waals surface area contributed by atoms with Crippen molar-refractivity contribution in [2.45, 2.75) is 26.2 Å². The number of hydrogen-bond donors (Lipinski definition) is 0. The summed E-state index contributed by atoms with van der Waals surface area (Å²) < 4.78 is 117. The van der Waals surface area contributed by atoms with Gasteiger partial charge in [0.2, 0.25) is 5.70 Å². The predicted octanol–water partition coefficient (Wildman–Crippen LogP) is 10.2. The Morgan fingerprint density at radius 2 is 1.06 bits per heavy atom. The molecule has 2 aliphatic carbocycles. The summed E-state index contributed by atoms with van der Waals surface area (Å²) in [4.78, 5) is 9.48. The Kier molecular flexibility index (Phi) is 8.18. The number of fused-ring (bicyclic) bond motifs is 2. The van der Waals surface area contributed by atoms with Gasteiger partial charge in [0, 0.05) is 27.8 Å². The zero-order chi connectivity index (χ0) is 37.0. The topological polar surface area (TPSA) is 84.5 Å². The van der Waals surface area contributed by atoms with Crippen LogP contribution in [0.1, 0.15) is 55.6 Å². The zero-order valence-electron chi connectivity index (χ0n) is 25.2. The van der Waals surface area contributed by atoms with Gasteiger partial charge in [-0.3, -0.25) is 0 Å². The summed E-state index contributed by atoms with van der Waals surface area (Å²) >= 11 is 0. The van der Waals surface area contributed by atoms with Crippen molar-refractivity contribution in [1.29, 1.82) is 15.8 Å². The van der Waals surface area contributed by atoms with Crippen molar-refractivity contribution in [3.05, 3.63) is 149 Å². The van der Waals surface area contributed by atoms with Crippen LogP contribution in [0.4, 0.5) is 35.1 Å². The summed E-state index contributed by atoms with van der Waals surface area (Å²) in [6.07, 6.45) is -10.8. The lowest BCUT2D eigenvalue weighted by Crippen LogP contribution is -2.12. The van der Waals surface area contributed by atoms with Crippen molar-refractivity contribution in [2.24, 2.45) is 0 Å². The number of nitriles is 3. The average molecular weight is 681 g/mol. The quantitative estimate of drug-likeness (QED) is 0.153. The van der Waals surface area contributed by atoms with Crippen LogP contribution in [0.2, 0.25) is 0 Å². The molecule has 0 unspecified atom stereocenters. The highest BCUT2D eigenvalue weighted by Gasteiger charge is 2.45. The molecule has 0 saturated heterocycles. The van der Waals surface area contributed by atoms with E-state index >= 15 is 8.78 Å². The number of hydrogen-bond acceptors (Lipinski definition) is 3. The molecule has 0 heterocycles. The molecule has 5 rings (SSSR count). The molecule has 0 aliphatic heterocycles. The van der Waals surface area contributed by atoms with E-state index in [-0.39, 0.29) is 29.3 Å². The van der Waals surface area contributed by atoms with Crippen molar-refractivity contribution >= 4 is 33.6 Å². The highest BCUT2D eigenvalue weighted by Crippen LogP contribution is 2.58. The van der Waals surface area contributed by atoms with Crippen LogP contribution in [0.5, 0.6) is 0 Å². The van der Waals surface area contributed by atoms with Crippen LogP contribution < -0.4 is 0 Å². The molecule has 0 aromatic heterocycles. The maximum absolute atomic E-state index is 17.2. The van der Waals surface area contributed by atoms with Gasteiger partial charge in [0.15, 0.2) is 0 Å². The maximum Gasteiger partial charge on any atom is 0.416 e. The second-order valence-electron chi connectivity index (χ2n) is 10.9. The first-order valence-corrected chi connectivity index (χ1v) is 13.7. The molecule has 2 aliphatic rings. The maximum atomic E-state index is 17.2. The third kappa shape index (κ3) is 5.14. The van der Waals surface area contributed by atoms with E-state index in [1.807, 2.05) is 0 Å². The van der Waals surface area contributed by atoms with Crippen molar-refractivity contribution in [2.75, 3.05) is 0 Å². The van der Waals surface area contributed by atoms with Gasteiger partial charge in [-0.05, 0) is 59.9 Å². The summed E-state index contributed by atoms with van der Waals surface area (Å²) in [5, 5.41) is 30.0. The second-order valence-corrected chi connectivity index (χ2v) is 10.9. The Morgan fingerprint density at radius 1 is 0.620 bits per heavy atom. The summed E-state index contributed by atoms with van der Waals surface area (Å²) in [6, 6.07) is 9.36. The highest BCUT2D eigenvalue weighted by atomic mass is 19.4. The molecule has 0 fully saturated rings. The number of nitrogens with zero attached hydrogens (tertiary/aromatic N) is 6. The first kappa shape index (κ1) is 34.3. The molecule has 0 bridgehead atoms. The largest absolute Gasteiger partial charge is 0.416 e. The van der Waals surface area contributed by atoms with Crippen LogP contribution in [-0.2, 0) is 12.4 Å². The van der Waals surface area contributed by atoms with Crippen LogP contribution in [0.3, 0.4) is 0 Å². The number of allylic oxidation sites excluding steroid dienone is 7.